The third-order valence-electron chi connectivity index (χ3n) is 2.84. The molecule has 104 valence electrons. The Morgan fingerprint density at radius 3 is 2.24 bits per heavy atom. The number of aromatic nitrogens is 2. The van der Waals surface area contributed by atoms with Crippen LogP contribution in [0.4, 0.5) is 0 Å². The first kappa shape index (κ1) is 12.7. The van der Waals surface area contributed by atoms with Crippen molar-refractivity contribution >= 4 is 17.8 Å². The van der Waals surface area contributed by atoms with Crippen molar-refractivity contribution in [3.63, 3.8) is 0 Å². The lowest BCUT2D eigenvalue weighted by Gasteiger charge is -2.11. The second-order valence-corrected chi connectivity index (χ2v) is 4.12. The van der Waals surface area contributed by atoms with Crippen LogP contribution < -0.4 is 5.43 Å². The summed E-state index contributed by atoms with van der Waals surface area (Å²) in [5, 5.41) is 6.09. The average molecular weight is 285 g/mol. The molecule has 3 rings (SSSR count). The molecule has 0 saturated heterocycles. The summed E-state index contributed by atoms with van der Waals surface area (Å²) in [7, 11) is 0. The fourth-order valence-corrected chi connectivity index (χ4v) is 1.87. The van der Waals surface area contributed by atoms with Gasteiger partial charge >= 0.3 is 5.97 Å². The van der Waals surface area contributed by atoms with Gasteiger partial charge in [-0.2, -0.15) is 5.10 Å². The van der Waals surface area contributed by atoms with Crippen LogP contribution in [-0.4, -0.2) is 33.0 Å². The summed E-state index contributed by atoms with van der Waals surface area (Å²) in [6, 6.07) is 7.12. The number of carbonyl (C=O) groups is 3. The average Bonchev–Trinajstić information content (AvgIpc) is 2.73. The zero-order valence-corrected chi connectivity index (χ0v) is 10.4. The number of hydroxylamine groups is 2. The molecule has 1 N–H and O–H groups in total. The normalized spacial score (nSPS) is 13.2. The highest BCUT2D eigenvalue weighted by atomic mass is 16.7. The van der Waals surface area contributed by atoms with E-state index < -0.39 is 28.9 Å². The molecular weight excluding hydrogens is 278 g/mol. The van der Waals surface area contributed by atoms with E-state index in [0.717, 1.165) is 6.07 Å². The minimum absolute atomic E-state index is 0.130. The van der Waals surface area contributed by atoms with E-state index in [1.54, 1.807) is 12.1 Å². The van der Waals surface area contributed by atoms with Gasteiger partial charge in [-0.15, -0.1) is 0 Å². The largest absolute Gasteiger partial charge is 0.388 e. The number of imide groups is 1. The molecule has 1 aliphatic heterocycles. The van der Waals surface area contributed by atoms with Crippen molar-refractivity contribution in [3.8, 4) is 0 Å². The Morgan fingerprint density at radius 2 is 1.67 bits per heavy atom. The predicted molar refractivity (Wildman–Crippen MR) is 67.2 cm³/mol. The minimum Gasteiger partial charge on any atom is -0.322 e. The second-order valence-electron chi connectivity index (χ2n) is 4.12. The molecule has 0 atom stereocenters. The molecule has 2 aromatic rings. The quantitative estimate of drug-likeness (QED) is 0.786. The van der Waals surface area contributed by atoms with Gasteiger partial charge in [0.25, 0.3) is 11.8 Å². The number of amides is 2. The minimum atomic E-state index is -1.19. The molecule has 2 amide bonds. The van der Waals surface area contributed by atoms with Crippen molar-refractivity contribution in [2.24, 2.45) is 0 Å². The molecule has 0 bridgehead atoms. The van der Waals surface area contributed by atoms with Crippen LogP contribution in [0.3, 0.4) is 0 Å². The van der Waals surface area contributed by atoms with Crippen molar-refractivity contribution in [2.45, 2.75) is 0 Å². The van der Waals surface area contributed by atoms with E-state index in [4.69, 9.17) is 4.84 Å². The number of H-pyrrole nitrogens is 1. The van der Waals surface area contributed by atoms with Crippen LogP contribution in [0.25, 0.3) is 0 Å². The van der Waals surface area contributed by atoms with Gasteiger partial charge in [0.15, 0.2) is 0 Å². The lowest BCUT2D eigenvalue weighted by atomic mass is 10.1. The molecule has 21 heavy (non-hydrogen) atoms. The van der Waals surface area contributed by atoms with Gasteiger partial charge in [0.05, 0.1) is 11.1 Å². The Bertz CT molecular complexity index is 791. The van der Waals surface area contributed by atoms with Crippen LogP contribution in [-0.2, 0) is 4.84 Å². The maximum atomic E-state index is 12.0. The molecule has 0 aliphatic carbocycles. The van der Waals surface area contributed by atoms with E-state index in [-0.39, 0.29) is 11.1 Å². The highest BCUT2D eigenvalue weighted by Gasteiger charge is 2.39. The summed E-state index contributed by atoms with van der Waals surface area (Å²) in [4.78, 5) is 51.9. The summed E-state index contributed by atoms with van der Waals surface area (Å²) in [5.41, 5.74) is -0.972. The zero-order chi connectivity index (χ0) is 15.0. The molecule has 1 aliphatic rings. The monoisotopic (exact) mass is 285 g/mol. The number of rotatable bonds is 2. The molecule has 0 saturated carbocycles. The maximum Gasteiger partial charge on any atom is 0.388 e. The third kappa shape index (κ3) is 1.98. The van der Waals surface area contributed by atoms with E-state index in [0.29, 0.717) is 5.06 Å². The van der Waals surface area contributed by atoms with Gasteiger partial charge in [0.2, 0.25) is 11.1 Å². The van der Waals surface area contributed by atoms with Crippen LogP contribution in [0.5, 0.6) is 0 Å². The standard InChI is InChI=1S/C13H7N3O5/c17-9-5-6-14-15-10(9)13(20)21-16-11(18)7-3-1-2-4-8(7)12(16)19/h1-6H,(H,14,17). The summed E-state index contributed by atoms with van der Waals surface area (Å²) >= 11 is 0. The molecule has 0 spiro atoms. The fraction of sp³-hybridized carbons (Fsp3) is 0. The molecule has 1 aromatic carbocycles. The lowest BCUT2D eigenvalue weighted by molar-refractivity contribution is -0.0590. The Balaban J connectivity index is 1.89. The number of carbonyl (C=O) groups excluding carboxylic acids is 3. The van der Waals surface area contributed by atoms with Gasteiger partial charge in [0.1, 0.15) is 0 Å². The van der Waals surface area contributed by atoms with Gasteiger partial charge in [-0.05, 0) is 12.1 Å². The molecule has 0 fully saturated rings. The SMILES string of the molecule is O=C(ON1C(=O)c2ccccc2C1=O)c1n[nH]ccc1=O. The summed E-state index contributed by atoms with van der Waals surface area (Å²) in [6.07, 6.45) is 1.24. The molecule has 2 heterocycles. The van der Waals surface area contributed by atoms with E-state index in [1.165, 1.54) is 18.3 Å². The number of hydrogen-bond donors (Lipinski definition) is 1. The number of nitrogens with one attached hydrogen (secondary N) is 1. The van der Waals surface area contributed by atoms with Gasteiger partial charge in [-0.1, -0.05) is 17.2 Å². The fourth-order valence-electron chi connectivity index (χ4n) is 1.87. The first-order valence-corrected chi connectivity index (χ1v) is 5.84. The van der Waals surface area contributed by atoms with Crippen molar-refractivity contribution in [2.75, 3.05) is 0 Å². The van der Waals surface area contributed by atoms with E-state index in [2.05, 4.69) is 10.2 Å². The molecule has 8 heteroatoms. The lowest BCUT2D eigenvalue weighted by Crippen LogP contribution is -2.34. The predicted octanol–water partition coefficient (Wildman–Crippen LogP) is 0.138. The summed E-state index contributed by atoms with van der Waals surface area (Å²) < 4.78 is 0. The van der Waals surface area contributed by atoms with Crippen molar-refractivity contribution in [1.29, 1.82) is 0 Å². The van der Waals surface area contributed by atoms with E-state index >= 15 is 0 Å². The number of fused-ring (bicyclic) bond motifs is 1. The van der Waals surface area contributed by atoms with Crippen molar-refractivity contribution < 1.29 is 19.2 Å². The van der Waals surface area contributed by atoms with Gasteiger partial charge in [0, 0.05) is 12.3 Å². The molecule has 1 aromatic heterocycles. The van der Waals surface area contributed by atoms with Crippen LogP contribution in [0.1, 0.15) is 31.2 Å². The van der Waals surface area contributed by atoms with E-state index in [1.807, 2.05) is 0 Å². The Labute approximate surface area is 116 Å². The molecule has 0 unspecified atom stereocenters. The van der Waals surface area contributed by atoms with Crippen LogP contribution in [0.2, 0.25) is 0 Å². The van der Waals surface area contributed by atoms with Crippen LogP contribution in [0.15, 0.2) is 41.3 Å². The van der Waals surface area contributed by atoms with Gasteiger partial charge in [-0.25, -0.2) is 4.79 Å². The number of hydrogen-bond acceptors (Lipinski definition) is 6. The van der Waals surface area contributed by atoms with Crippen LogP contribution in [0, 0.1) is 0 Å². The highest BCUT2D eigenvalue weighted by Crippen LogP contribution is 2.22. The maximum absolute atomic E-state index is 12.0. The van der Waals surface area contributed by atoms with Crippen molar-refractivity contribution in [1.82, 2.24) is 15.3 Å². The molecular formula is C13H7N3O5. The number of aromatic amines is 1. The second kappa shape index (κ2) is 4.67. The van der Waals surface area contributed by atoms with Crippen LogP contribution >= 0.6 is 0 Å². The Kier molecular flexibility index (Phi) is 2.83. The smallest absolute Gasteiger partial charge is 0.322 e. The molecule has 8 nitrogen and oxygen atoms in total. The van der Waals surface area contributed by atoms with Gasteiger partial charge in [-0.3, -0.25) is 19.5 Å². The summed E-state index contributed by atoms with van der Waals surface area (Å²) in [5.74, 6) is -2.72. The first-order chi connectivity index (χ1) is 10.1. The highest BCUT2D eigenvalue weighted by molar-refractivity contribution is 6.21. The number of nitrogens with zero attached hydrogens (tertiary/aromatic N) is 2. The Hall–Kier alpha value is -3.29. The third-order valence-corrected chi connectivity index (χ3v) is 2.84. The van der Waals surface area contributed by atoms with Gasteiger partial charge < -0.3 is 4.84 Å². The van der Waals surface area contributed by atoms with Crippen molar-refractivity contribution in [3.05, 3.63) is 63.6 Å². The Morgan fingerprint density at radius 1 is 1.05 bits per heavy atom. The summed E-state index contributed by atoms with van der Waals surface area (Å²) in [6.45, 7) is 0. The molecule has 0 radical (unpaired) electrons. The number of benzene rings is 1. The first-order valence-electron chi connectivity index (χ1n) is 5.84. The zero-order valence-electron chi connectivity index (χ0n) is 10.4. The topological polar surface area (TPSA) is 109 Å². The van der Waals surface area contributed by atoms with E-state index in [9.17, 15) is 19.2 Å².